The fourth-order valence-corrected chi connectivity index (χ4v) is 6.68. The van der Waals surface area contributed by atoms with Crippen molar-refractivity contribution >= 4 is 39.0 Å². The predicted octanol–water partition coefficient (Wildman–Crippen LogP) is 6.50. The standard InChI is InChI=1S/C30H28N2O4S/c1-3-35-24-16-19(27-31-28(33)26-22-13-11-17(2)15-25(22)37-29(26)32-27)12-14-23(24)36-30(34)21-10-6-8-18-7-4-5-9-20(18)21/h4-10,12,14,16-17,27,32H,3,11,13,15H2,1-2H3,(H,31,33)/t17-,27-/m0/s1. The van der Waals surface area contributed by atoms with Crippen molar-refractivity contribution in [1.82, 2.24) is 5.32 Å². The van der Waals surface area contributed by atoms with Crippen molar-refractivity contribution in [1.29, 1.82) is 0 Å². The van der Waals surface area contributed by atoms with Gasteiger partial charge in [0, 0.05) is 4.88 Å². The van der Waals surface area contributed by atoms with Gasteiger partial charge >= 0.3 is 5.97 Å². The van der Waals surface area contributed by atoms with Gasteiger partial charge in [0.15, 0.2) is 11.5 Å². The molecule has 7 heteroatoms. The van der Waals surface area contributed by atoms with E-state index >= 15 is 0 Å². The zero-order chi connectivity index (χ0) is 25.5. The van der Waals surface area contributed by atoms with Crippen LogP contribution in [0.15, 0.2) is 60.7 Å². The maximum Gasteiger partial charge on any atom is 0.344 e. The monoisotopic (exact) mass is 512 g/mol. The van der Waals surface area contributed by atoms with Crippen molar-refractivity contribution in [2.45, 2.75) is 39.3 Å². The summed E-state index contributed by atoms with van der Waals surface area (Å²) in [5.41, 5.74) is 3.32. The van der Waals surface area contributed by atoms with E-state index in [2.05, 4.69) is 17.6 Å². The number of ether oxygens (including phenoxy) is 2. The number of fused-ring (bicyclic) bond motifs is 4. The van der Waals surface area contributed by atoms with Crippen LogP contribution in [0.2, 0.25) is 0 Å². The zero-order valence-corrected chi connectivity index (χ0v) is 21.6. The molecule has 6 rings (SSSR count). The lowest BCUT2D eigenvalue weighted by molar-refractivity contribution is 0.0730. The molecule has 1 amide bonds. The first-order chi connectivity index (χ1) is 18.0. The van der Waals surface area contributed by atoms with E-state index in [1.165, 1.54) is 10.4 Å². The summed E-state index contributed by atoms with van der Waals surface area (Å²) in [6, 6.07) is 18.7. The highest BCUT2D eigenvalue weighted by Gasteiger charge is 2.33. The van der Waals surface area contributed by atoms with Crippen LogP contribution in [-0.2, 0) is 12.8 Å². The van der Waals surface area contributed by atoms with Crippen molar-refractivity contribution < 1.29 is 19.1 Å². The molecule has 0 spiro atoms. The van der Waals surface area contributed by atoms with Crippen LogP contribution in [0, 0.1) is 5.92 Å². The van der Waals surface area contributed by atoms with E-state index in [-0.39, 0.29) is 5.91 Å². The third-order valence-electron chi connectivity index (χ3n) is 7.10. The van der Waals surface area contributed by atoms with E-state index in [1.54, 1.807) is 23.5 Å². The molecule has 2 N–H and O–H groups in total. The molecule has 1 aromatic heterocycles. The van der Waals surface area contributed by atoms with Crippen molar-refractivity contribution in [3.63, 3.8) is 0 Å². The van der Waals surface area contributed by atoms with E-state index in [0.29, 0.717) is 29.6 Å². The lowest BCUT2D eigenvalue weighted by atomic mass is 9.88. The van der Waals surface area contributed by atoms with E-state index in [9.17, 15) is 9.59 Å². The Bertz CT molecular complexity index is 1520. The molecular formula is C30H28N2O4S. The molecule has 2 heterocycles. The van der Waals surface area contributed by atoms with E-state index in [1.807, 2.05) is 55.5 Å². The maximum absolute atomic E-state index is 13.1. The van der Waals surface area contributed by atoms with E-state index < -0.39 is 12.1 Å². The summed E-state index contributed by atoms with van der Waals surface area (Å²) in [7, 11) is 0. The zero-order valence-electron chi connectivity index (χ0n) is 20.8. The highest BCUT2D eigenvalue weighted by atomic mass is 32.1. The molecule has 1 aliphatic heterocycles. The van der Waals surface area contributed by atoms with E-state index in [0.717, 1.165) is 46.2 Å². The summed E-state index contributed by atoms with van der Waals surface area (Å²) in [6.45, 7) is 4.56. The molecule has 0 bridgehead atoms. The number of hydrogen-bond donors (Lipinski definition) is 2. The second-order valence-corrected chi connectivity index (χ2v) is 10.8. The van der Waals surface area contributed by atoms with Gasteiger partial charge < -0.3 is 20.1 Å². The van der Waals surface area contributed by atoms with Crippen molar-refractivity contribution in [3.05, 3.63) is 87.8 Å². The first kappa shape index (κ1) is 23.6. The third kappa shape index (κ3) is 4.33. The molecule has 0 saturated heterocycles. The summed E-state index contributed by atoms with van der Waals surface area (Å²) < 4.78 is 11.7. The number of amides is 1. The number of anilines is 1. The molecule has 37 heavy (non-hydrogen) atoms. The van der Waals surface area contributed by atoms with Gasteiger partial charge in [-0.15, -0.1) is 11.3 Å². The molecule has 188 valence electrons. The molecule has 6 nitrogen and oxygen atoms in total. The topological polar surface area (TPSA) is 76.7 Å². The Hall–Kier alpha value is -3.84. The Labute approximate surface area is 219 Å². The average molecular weight is 513 g/mol. The Morgan fingerprint density at radius 1 is 1.05 bits per heavy atom. The lowest BCUT2D eigenvalue weighted by Gasteiger charge is -2.27. The van der Waals surface area contributed by atoms with Gasteiger partial charge in [-0.05, 0) is 72.2 Å². The van der Waals surface area contributed by atoms with Crippen LogP contribution in [-0.4, -0.2) is 18.5 Å². The van der Waals surface area contributed by atoms with Crippen molar-refractivity contribution in [3.8, 4) is 11.5 Å². The summed E-state index contributed by atoms with van der Waals surface area (Å²) in [6.07, 6.45) is 2.69. The molecular weight excluding hydrogens is 484 g/mol. The number of hydrogen-bond acceptors (Lipinski definition) is 6. The Morgan fingerprint density at radius 2 is 1.89 bits per heavy atom. The van der Waals surface area contributed by atoms with Crippen LogP contribution in [0.5, 0.6) is 11.5 Å². The molecule has 2 aliphatic rings. The quantitative estimate of drug-likeness (QED) is 0.236. The Balaban J connectivity index is 1.27. The molecule has 0 unspecified atom stereocenters. The molecule has 3 aromatic carbocycles. The third-order valence-corrected chi connectivity index (χ3v) is 8.29. The highest BCUT2D eigenvalue weighted by molar-refractivity contribution is 7.16. The maximum atomic E-state index is 13.1. The van der Waals surface area contributed by atoms with Crippen LogP contribution >= 0.6 is 11.3 Å². The van der Waals surface area contributed by atoms with Gasteiger partial charge in [-0.3, -0.25) is 4.79 Å². The normalized spacial score (nSPS) is 18.4. The second kappa shape index (κ2) is 9.56. The van der Waals surface area contributed by atoms with Crippen LogP contribution < -0.4 is 20.1 Å². The van der Waals surface area contributed by atoms with Crippen LogP contribution in [0.25, 0.3) is 10.8 Å². The molecule has 0 fully saturated rings. The van der Waals surface area contributed by atoms with Gasteiger partial charge in [-0.2, -0.15) is 0 Å². The van der Waals surface area contributed by atoms with Gasteiger partial charge in [-0.1, -0.05) is 49.4 Å². The number of benzene rings is 3. The van der Waals surface area contributed by atoms with Crippen molar-refractivity contribution in [2.75, 3.05) is 11.9 Å². The van der Waals surface area contributed by atoms with Crippen LogP contribution in [0.3, 0.4) is 0 Å². The number of esters is 1. The Morgan fingerprint density at radius 3 is 2.76 bits per heavy atom. The summed E-state index contributed by atoms with van der Waals surface area (Å²) in [5, 5.41) is 9.36. The first-order valence-corrected chi connectivity index (χ1v) is 13.5. The minimum Gasteiger partial charge on any atom is -0.490 e. The fourth-order valence-electron chi connectivity index (χ4n) is 5.24. The molecule has 1 aliphatic carbocycles. The van der Waals surface area contributed by atoms with E-state index in [4.69, 9.17) is 9.47 Å². The van der Waals surface area contributed by atoms with Gasteiger partial charge in [-0.25, -0.2) is 4.79 Å². The highest BCUT2D eigenvalue weighted by Crippen LogP contribution is 2.43. The number of rotatable bonds is 5. The summed E-state index contributed by atoms with van der Waals surface area (Å²) in [5.74, 6) is 0.943. The molecule has 0 radical (unpaired) electrons. The van der Waals surface area contributed by atoms with Gasteiger partial charge in [0.05, 0.1) is 17.7 Å². The summed E-state index contributed by atoms with van der Waals surface area (Å²) in [4.78, 5) is 27.6. The first-order valence-electron chi connectivity index (χ1n) is 12.7. The Kier molecular flexibility index (Phi) is 6.08. The largest absolute Gasteiger partial charge is 0.490 e. The smallest absolute Gasteiger partial charge is 0.344 e. The molecule has 2 atom stereocenters. The van der Waals surface area contributed by atoms with Gasteiger partial charge in [0.25, 0.3) is 5.91 Å². The van der Waals surface area contributed by atoms with Crippen molar-refractivity contribution in [2.24, 2.45) is 5.92 Å². The number of nitrogens with one attached hydrogen (secondary N) is 2. The molecule has 0 saturated carbocycles. The number of carbonyl (C=O) groups excluding carboxylic acids is 2. The second-order valence-electron chi connectivity index (χ2n) is 9.66. The van der Waals surface area contributed by atoms with Gasteiger partial charge in [0.1, 0.15) is 11.2 Å². The van der Waals surface area contributed by atoms with Crippen LogP contribution in [0.1, 0.15) is 63.2 Å². The fraction of sp³-hybridized carbons (Fsp3) is 0.267. The minimum atomic E-state index is -0.447. The number of carbonyl (C=O) groups is 2. The predicted molar refractivity (Wildman–Crippen MR) is 146 cm³/mol. The average Bonchev–Trinajstić information content (AvgIpc) is 3.27. The summed E-state index contributed by atoms with van der Waals surface area (Å²) >= 11 is 1.70. The van der Waals surface area contributed by atoms with Gasteiger partial charge in [0.2, 0.25) is 0 Å². The molecule has 4 aromatic rings. The minimum absolute atomic E-state index is 0.0461. The van der Waals surface area contributed by atoms with Crippen LogP contribution in [0.4, 0.5) is 5.00 Å². The number of thiophene rings is 1. The SMILES string of the molecule is CCOc1cc([C@H]2NC(=O)c3c(sc4c3CC[C@H](C)C4)N2)ccc1OC(=O)c1cccc2ccccc12. The lowest BCUT2D eigenvalue weighted by Crippen LogP contribution is -2.38.